The molecule has 0 aromatic heterocycles. The third-order valence-electron chi connectivity index (χ3n) is 2.37. The molecular weight excluding hydrogens is 249 g/mol. The van der Waals surface area contributed by atoms with Crippen LogP contribution >= 0.6 is 0 Å². The van der Waals surface area contributed by atoms with Crippen molar-refractivity contribution in [3.05, 3.63) is 35.6 Å². The number of halogens is 1. The second-order valence-electron chi connectivity index (χ2n) is 4.57. The van der Waals surface area contributed by atoms with Crippen LogP contribution in [-0.4, -0.2) is 24.0 Å². The fraction of sp³-hybridized carbons (Fsp3) is 0.429. The summed E-state index contributed by atoms with van der Waals surface area (Å²) in [6.45, 7) is 4.81. The summed E-state index contributed by atoms with van der Waals surface area (Å²) >= 11 is 0. The van der Waals surface area contributed by atoms with Crippen LogP contribution < -0.4 is 5.32 Å². The first-order valence-electron chi connectivity index (χ1n) is 6.10. The molecule has 0 aliphatic rings. The van der Waals surface area contributed by atoms with Crippen LogP contribution in [0.15, 0.2) is 24.3 Å². The number of hydrogen-bond acceptors (Lipinski definition) is 3. The molecule has 0 aliphatic carbocycles. The molecule has 1 N–H and O–H groups in total. The Balaban J connectivity index is 2.76. The van der Waals surface area contributed by atoms with Gasteiger partial charge in [-0.3, -0.25) is 4.79 Å². The van der Waals surface area contributed by atoms with Crippen LogP contribution in [-0.2, 0) is 20.7 Å². The normalized spacial score (nSPS) is 12.1. The van der Waals surface area contributed by atoms with Crippen molar-refractivity contribution in [1.29, 1.82) is 0 Å². The van der Waals surface area contributed by atoms with Crippen molar-refractivity contribution in [3.8, 4) is 0 Å². The van der Waals surface area contributed by atoms with Gasteiger partial charge in [0.15, 0.2) is 0 Å². The summed E-state index contributed by atoms with van der Waals surface area (Å²) in [5.41, 5.74) is 0.751. The zero-order valence-corrected chi connectivity index (χ0v) is 11.3. The fourth-order valence-electron chi connectivity index (χ4n) is 1.61. The number of carbonyl (C=O) groups excluding carboxylic acids is 2. The monoisotopic (exact) mass is 267 g/mol. The molecule has 5 heteroatoms. The molecule has 1 atom stereocenters. The predicted molar refractivity (Wildman–Crippen MR) is 68.9 cm³/mol. The Kier molecular flexibility index (Phi) is 5.48. The number of rotatable bonds is 5. The average molecular weight is 267 g/mol. The first-order valence-corrected chi connectivity index (χ1v) is 6.10. The number of hydrogen-bond donors (Lipinski definition) is 1. The molecule has 1 aromatic rings. The summed E-state index contributed by atoms with van der Waals surface area (Å²) < 4.78 is 17.9. The van der Waals surface area contributed by atoms with E-state index in [4.69, 9.17) is 4.74 Å². The Bertz CT molecular complexity index is 443. The molecule has 1 aromatic carbocycles. The third kappa shape index (κ3) is 5.50. The number of esters is 1. The second kappa shape index (κ2) is 6.87. The van der Waals surface area contributed by atoms with Crippen LogP contribution in [0.2, 0.25) is 0 Å². The Morgan fingerprint density at radius 3 is 2.32 bits per heavy atom. The smallest absolute Gasteiger partial charge is 0.329 e. The zero-order chi connectivity index (χ0) is 14.4. The molecular formula is C14H18FNO3. The van der Waals surface area contributed by atoms with Crippen LogP contribution in [0.1, 0.15) is 26.3 Å². The summed E-state index contributed by atoms with van der Waals surface area (Å²) in [6, 6.07) is 5.02. The van der Waals surface area contributed by atoms with Gasteiger partial charge in [-0.15, -0.1) is 0 Å². The number of carbonyl (C=O) groups is 2. The van der Waals surface area contributed by atoms with Gasteiger partial charge in [-0.05, 0) is 31.5 Å². The van der Waals surface area contributed by atoms with E-state index < -0.39 is 12.0 Å². The van der Waals surface area contributed by atoms with Gasteiger partial charge < -0.3 is 10.1 Å². The van der Waals surface area contributed by atoms with E-state index in [2.05, 4.69) is 5.32 Å². The largest absolute Gasteiger partial charge is 0.461 e. The summed E-state index contributed by atoms with van der Waals surface area (Å²) in [4.78, 5) is 23.0. The summed E-state index contributed by atoms with van der Waals surface area (Å²) in [7, 11) is 0. The number of ether oxygens (including phenoxy) is 1. The lowest BCUT2D eigenvalue weighted by Crippen LogP contribution is -2.43. The van der Waals surface area contributed by atoms with Crippen LogP contribution in [0.3, 0.4) is 0 Å². The summed E-state index contributed by atoms with van der Waals surface area (Å²) in [5, 5.41) is 2.54. The molecule has 4 nitrogen and oxygen atoms in total. The van der Waals surface area contributed by atoms with E-state index in [1.54, 1.807) is 26.0 Å². The molecule has 0 saturated carbocycles. The predicted octanol–water partition coefficient (Wildman–Crippen LogP) is 1.82. The van der Waals surface area contributed by atoms with Crippen molar-refractivity contribution >= 4 is 11.9 Å². The molecule has 0 heterocycles. The van der Waals surface area contributed by atoms with Gasteiger partial charge >= 0.3 is 5.97 Å². The molecule has 0 unspecified atom stereocenters. The minimum Gasteiger partial charge on any atom is -0.461 e. The molecule has 0 fully saturated rings. The highest BCUT2D eigenvalue weighted by Crippen LogP contribution is 2.08. The topological polar surface area (TPSA) is 55.4 Å². The van der Waals surface area contributed by atoms with Crippen molar-refractivity contribution in [2.75, 3.05) is 0 Å². The van der Waals surface area contributed by atoms with Crippen molar-refractivity contribution in [1.82, 2.24) is 5.32 Å². The lowest BCUT2D eigenvalue weighted by Gasteiger charge is -2.18. The molecule has 0 bridgehead atoms. The maximum atomic E-state index is 12.8. The van der Waals surface area contributed by atoms with E-state index in [9.17, 15) is 14.0 Å². The van der Waals surface area contributed by atoms with Gasteiger partial charge in [0.1, 0.15) is 11.9 Å². The molecule has 0 radical (unpaired) electrons. The minimum atomic E-state index is -0.759. The highest BCUT2D eigenvalue weighted by molar-refractivity contribution is 5.83. The zero-order valence-electron chi connectivity index (χ0n) is 11.3. The highest BCUT2D eigenvalue weighted by Gasteiger charge is 2.22. The number of amides is 1. The molecule has 104 valence electrons. The highest BCUT2D eigenvalue weighted by atomic mass is 19.1. The van der Waals surface area contributed by atoms with Gasteiger partial charge in [-0.25, -0.2) is 9.18 Å². The van der Waals surface area contributed by atoms with E-state index in [1.165, 1.54) is 19.1 Å². The molecule has 0 aliphatic heterocycles. The van der Waals surface area contributed by atoms with E-state index >= 15 is 0 Å². The number of nitrogens with one attached hydrogen (secondary N) is 1. The van der Waals surface area contributed by atoms with E-state index in [-0.39, 0.29) is 24.2 Å². The third-order valence-corrected chi connectivity index (χ3v) is 2.37. The Morgan fingerprint density at radius 1 is 1.26 bits per heavy atom. The standard InChI is InChI=1S/C14H18FNO3/c1-9(2)19-14(18)13(16-10(3)17)8-11-4-6-12(15)7-5-11/h4-7,9,13H,8H2,1-3H3,(H,16,17)/t13-/m1/s1. The SMILES string of the molecule is CC(=O)N[C@H](Cc1ccc(F)cc1)C(=O)OC(C)C. The number of benzene rings is 1. The van der Waals surface area contributed by atoms with Crippen LogP contribution in [0.5, 0.6) is 0 Å². The lowest BCUT2D eigenvalue weighted by atomic mass is 10.1. The summed E-state index contributed by atoms with van der Waals surface area (Å²) in [6.07, 6.45) is 0.0165. The van der Waals surface area contributed by atoms with Gasteiger partial charge in [-0.2, -0.15) is 0 Å². The molecule has 0 spiro atoms. The maximum absolute atomic E-state index is 12.8. The minimum absolute atomic E-state index is 0.253. The van der Waals surface area contributed by atoms with E-state index in [0.717, 1.165) is 5.56 Å². The molecule has 1 amide bonds. The first kappa shape index (κ1) is 15.1. The fourth-order valence-corrected chi connectivity index (χ4v) is 1.61. The van der Waals surface area contributed by atoms with Gasteiger partial charge in [0, 0.05) is 13.3 Å². The Labute approximate surface area is 112 Å². The maximum Gasteiger partial charge on any atom is 0.329 e. The van der Waals surface area contributed by atoms with Crippen LogP contribution in [0, 0.1) is 5.82 Å². The van der Waals surface area contributed by atoms with Crippen molar-refractivity contribution in [3.63, 3.8) is 0 Å². The van der Waals surface area contributed by atoms with Gasteiger partial charge in [0.2, 0.25) is 5.91 Å². The van der Waals surface area contributed by atoms with Crippen molar-refractivity contribution < 1.29 is 18.7 Å². The molecule has 19 heavy (non-hydrogen) atoms. The molecule has 1 rings (SSSR count). The summed E-state index contributed by atoms with van der Waals surface area (Å²) in [5.74, 6) is -1.15. The van der Waals surface area contributed by atoms with Crippen LogP contribution in [0.4, 0.5) is 4.39 Å². The Morgan fingerprint density at radius 2 is 1.84 bits per heavy atom. The van der Waals surface area contributed by atoms with E-state index in [1.807, 2.05) is 0 Å². The second-order valence-corrected chi connectivity index (χ2v) is 4.57. The van der Waals surface area contributed by atoms with Crippen molar-refractivity contribution in [2.24, 2.45) is 0 Å². The van der Waals surface area contributed by atoms with Gasteiger partial charge in [0.25, 0.3) is 0 Å². The van der Waals surface area contributed by atoms with Crippen molar-refractivity contribution in [2.45, 2.75) is 39.3 Å². The molecule has 0 saturated heterocycles. The van der Waals surface area contributed by atoms with Crippen LogP contribution in [0.25, 0.3) is 0 Å². The lowest BCUT2D eigenvalue weighted by molar-refractivity contribution is -0.151. The van der Waals surface area contributed by atoms with Gasteiger partial charge in [-0.1, -0.05) is 12.1 Å². The first-order chi connectivity index (χ1) is 8.88. The van der Waals surface area contributed by atoms with Gasteiger partial charge in [0.05, 0.1) is 6.10 Å². The Hall–Kier alpha value is -1.91. The quantitative estimate of drug-likeness (QED) is 0.828. The average Bonchev–Trinajstić information content (AvgIpc) is 2.29. The van der Waals surface area contributed by atoms with E-state index in [0.29, 0.717) is 0 Å².